The highest BCUT2D eigenvalue weighted by Gasteiger charge is 2.14. The fraction of sp³-hybridized carbons (Fsp3) is 0.167. The third-order valence-corrected chi connectivity index (χ3v) is 2.66. The van der Waals surface area contributed by atoms with E-state index in [1.54, 1.807) is 0 Å². The molecule has 2 heterocycles. The predicted molar refractivity (Wildman–Crippen MR) is 60.2 cm³/mol. The molecule has 0 saturated carbocycles. The fourth-order valence-corrected chi connectivity index (χ4v) is 1.91. The van der Waals surface area contributed by atoms with Crippen molar-refractivity contribution in [1.82, 2.24) is 10.2 Å². The number of fused-ring (bicyclic) bond motifs is 1. The van der Waals surface area contributed by atoms with E-state index in [4.69, 9.17) is 0 Å². The first-order valence-electron chi connectivity index (χ1n) is 5.07. The van der Waals surface area contributed by atoms with Crippen LogP contribution >= 0.6 is 0 Å². The van der Waals surface area contributed by atoms with Crippen molar-refractivity contribution in [2.24, 2.45) is 4.99 Å². The lowest BCUT2D eigenvalue weighted by atomic mass is 10.0. The van der Waals surface area contributed by atoms with Gasteiger partial charge in [0.25, 0.3) is 0 Å². The van der Waals surface area contributed by atoms with Crippen LogP contribution in [0.25, 0.3) is 11.3 Å². The Labute approximate surface area is 87.9 Å². The molecule has 1 aromatic heterocycles. The van der Waals surface area contributed by atoms with Crippen molar-refractivity contribution in [3.63, 3.8) is 0 Å². The van der Waals surface area contributed by atoms with Gasteiger partial charge in [0.15, 0.2) is 0 Å². The van der Waals surface area contributed by atoms with E-state index in [-0.39, 0.29) is 0 Å². The molecule has 0 unspecified atom stereocenters. The highest BCUT2D eigenvalue weighted by Crippen LogP contribution is 2.24. The van der Waals surface area contributed by atoms with Crippen LogP contribution < -0.4 is 0 Å². The molecule has 1 N–H and O–H groups in total. The van der Waals surface area contributed by atoms with Gasteiger partial charge in [0.2, 0.25) is 0 Å². The summed E-state index contributed by atoms with van der Waals surface area (Å²) in [6, 6.07) is 10.3. The Kier molecular flexibility index (Phi) is 1.88. The first kappa shape index (κ1) is 8.41. The number of aromatic nitrogens is 2. The van der Waals surface area contributed by atoms with Crippen LogP contribution in [0.2, 0.25) is 0 Å². The van der Waals surface area contributed by atoms with E-state index in [1.165, 1.54) is 11.1 Å². The molecule has 1 aliphatic rings. The molecule has 0 fully saturated rings. The van der Waals surface area contributed by atoms with Crippen molar-refractivity contribution in [3.8, 4) is 11.3 Å². The van der Waals surface area contributed by atoms with E-state index in [9.17, 15) is 0 Å². The van der Waals surface area contributed by atoms with E-state index < -0.39 is 0 Å². The van der Waals surface area contributed by atoms with Crippen molar-refractivity contribution in [2.75, 3.05) is 6.54 Å². The summed E-state index contributed by atoms with van der Waals surface area (Å²) in [5, 5.41) is 7.38. The Bertz CT molecular complexity index is 497. The lowest BCUT2D eigenvalue weighted by Crippen LogP contribution is -2.01. The number of benzene rings is 1. The molecule has 3 rings (SSSR count). The zero-order valence-electron chi connectivity index (χ0n) is 8.27. The number of hydrogen-bond donors (Lipinski definition) is 1. The van der Waals surface area contributed by atoms with Crippen LogP contribution in [0.4, 0.5) is 0 Å². The predicted octanol–water partition coefficient (Wildman–Crippen LogP) is 2.05. The van der Waals surface area contributed by atoms with Crippen LogP contribution in [0, 0.1) is 0 Å². The van der Waals surface area contributed by atoms with Crippen LogP contribution in [0.1, 0.15) is 11.3 Å². The average Bonchev–Trinajstić information content (AvgIpc) is 2.74. The number of hydrogen-bond acceptors (Lipinski definition) is 2. The van der Waals surface area contributed by atoms with Crippen LogP contribution in [0.5, 0.6) is 0 Å². The molecule has 1 aliphatic heterocycles. The van der Waals surface area contributed by atoms with Crippen molar-refractivity contribution < 1.29 is 0 Å². The van der Waals surface area contributed by atoms with Gasteiger partial charge in [-0.2, -0.15) is 5.10 Å². The first-order valence-corrected chi connectivity index (χ1v) is 5.07. The number of aromatic amines is 1. The molecule has 0 saturated heterocycles. The van der Waals surface area contributed by atoms with Crippen molar-refractivity contribution in [2.45, 2.75) is 6.42 Å². The number of nitrogens with one attached hydrogen (secondary N) is 1. The number of aliphatic imine (C=N–C) groups is 1. The zero-order chi connectivity index (χ0) is 10.1. The minimum Gasteiger partial charge on any atom is -0.291 e. The van der Waals surface area contributed by atoms with E-state index in [2.05, 4.69) is 27.3 Å². The SMILES string of the molecule is C1=NCCc2c(-c3ccccc3)n[nH]c21. The Hall–Kier alpha value is -1.90. The first-order chi connectivity index (χ1) is 7.45. The maximum atomic E-state index is 4.35. The molecule has 15 heavy (non-hydrogen) atoms. The maximum absolute atomic E-state index is 4.35. The van der Waals surface area contributed by atoms with Crippen molar-refractivity contribution in [1.29, 1.82) is 0 Å². The number of H-pyrrole nitrogens is 1. The molecular formula is C12H11N3. The van der Waals surface area contributed by atoms with Gasteiger partial charge >= 0.3 is 0 Å². The lowest BCUT2D eigenvalue weighted by Gasteiger charge is -2.05. The molecule has 0 aliphatic carbocycles. The second kappa shape index (κ2) is 3.35. The second-order valence-electron chi connectivity index (χ2n) is 3.62. The van der Waals surface area contributed by atoms with Crippen LogP contribution in [0.3, 0.4) is 0 Å². The van der Waals surface area contributed by atoms with Gasteiger partial charge < -0.3 is 0 Å². The summed E-state index contributed by atoms with van der Waals surface area (Å²) in [5.74, 6) is 0. The Morgan fingerprint density at radius 2 is 2.00 bits per heavy atom. The van der Waals surface area contributed by atoms with Gasteiger partial charge in [-0.3, -0.25) is 10.1 Å². The molecule has 3 heteroatoms. The molecule has 0 amide bonds. The topological polar surface area (TPSA) is 41.0 Å². The largest absolute Gasteiger partial charge is 0.291 e. The summed E-state index contributed by atoms with van der Waals surface area (Å²) in [6.45, 7) is 0.867. The van der Waals surface area contributed by atoms with E-state index in [1.807, 2.05) is 24.4 Å². The third kappa shape index (κ3) is 1.36. The van der Waals surface area contributed by atoms with Crippen LogP contribution in [-0.4, -0.2) is 23.0 Å². The van der Waals surface area contributed by atoms with Crippen molar-refractivity contribution in [3.05, 3.63) is 41.6 Å². The van der Waals surface area contributed by atoms with E-state index >= 15 is 0 Å². The molecule has 0 bridgehead atoms. The van der Waals surface area contributed by atoms with E-state index in [0.29, 0.717) is 0 Å². The zero-order valence-corrected chi connectivity index (χ0v) is 8.27. The summed E-state index contributed by atoms with van der Waals surface area (Å²) in [5.41, 5.74) is 4.58. The normalized spacial score (nSPS) is 13.9. The van der Waals surface area contributed by atoms with Crippen LogP contribution in [-0.2, 0) is 6.42 Å². The van der Waals surface area contributed by atoms with Gasteiger partial charge in [0.1, 0.15) is 0 Å². The van der Waals surface area contributed by atoms with Gasteiger partial charge in [-0.1, -0.05) is 30.3 Å². The smallest absolute Gasteiger partial charge is 0.0960 e. The van der Waals surface area contributed by atoms with Crippen molar-refractivity contribution >= 4 is 6.21 Å². The maximum Gasteiger partial charge on any atom is 0.0960 e. The second-order valence-corrected chi connectivity index (χ2v) is 3.62. The quantitative estimate of drug-likeness (QED) is 0.746. The summed E-state index contributed by atoms with van der Waals surface area (Å²) >= 11 is 0. The Morgan fingerprint density at radius 3 is 2.87 bits per heavy atom. The van der Waals surface area contributed by atoms with Gasteiger partial charge in [0, 0.05) is 23.9 Å². The van der Waals surface area contributed by atoms with Gasteiger partial charge in [-0.05, 0) is 6.42 Å². The van der Waals surface area contributed by atoms with Gasteiger partial charge in [-0.25, -0.2) is 0 Å². The minimum absolute atomic E-state index is 0.867. The Balaban J connectivity index is 2.14. The lowest BCUT2D eigenvalue weighted by molar-refractivity contribution is 0.952. The van der Waals surface area contributed by atoms with Gasteiger partial charge in [0.05, 0.1) is 11.4 Å². The molecule has 2 aromatic rings. The number of rotatable bonds is 1. The molecule has 0 atom stereocenters. The average molecular weight is 197 g/mol. The molecular weight excluding hydrogens is 186 g/mol. The fourth-order valence-electron chi connectivity index (χ4n) is 1.91. The summed E-state index contributed by atoms with van der Waals surface area (Å²) in [6.07, 6.45) is 2.85. The summed E-state index contributed by atoms with van der Waals surface area (Å²) < 4.78 is 0. The van der Waals surface area contributed by atoms with Gasteiger partial charge in [-0.15, -0.1) is 0 Å². The molecule has 0 spiro atoms. The molecule has 0 radical (unpaired) electrons. The third-order valence-electron chi connectivity index (χ3n) is 2.66. The highest BCUT2D eigenvalue weighted by molar-refractivity contribution is 5.84. The molecule has 3 nitrogen and oxygen atoms in total. The van der Waals surface area contributed by atoms with Crippen LogP contribution in [0.15, 0.2) is 35.3 Å². The highest BCUT2D eigenvalue weighted by atomic mass is 15.1. The monoisotopic (exact) mass is 197 g/mol. The molecule has 74 valence electrons. The minimum atomic E-state index is 0.867. The molecule has 1 aromatic carbocycles. The summed E-state index contributed by atoms with van der Waals surface area (Å²) in [7, 11) is 0. The number of nitrogens with zero attached hydrogens (tertiary/aromatic N) is 2. The summed E-state index contributed by atoms with van der Waals surface area (Å²) in [4.78, 5) is 4.23. The van der Waals surface area contributed by atoms with E-state index in [0.717, 1.165) is 24.4 Å². The Morgan fingerprint density at radius 1 is 1.13 bits per heavy atom. The standard InChI is InChI=1S/C12H11N3/c1-2-4-9(5-3-1)12-10-6-7-13-8-11(10)14-15-12/h1-5,8H,6-7H2,(H,14,15).